The van der Waals surface area contributed by atoms with Crippen LogP contribution in [0.1, 0.15) is 52.1 Å². The molecule has 1 aliphatic heterocycles. The summed E-state index contributed by atoms with van der Waals surface area (Å²) in [5.74, 6) is 0.0210. The highest BCUT2D eigenvalue weighted by molar-refractivity contribution is 9.10. The molecule has 1 saturated heterocycles. The Labute approximate surface area is 176 Å². The van der Waals surface area contributed by atoms with E-state index in [2.05, 4.69) is 41.7 Å². The van der Waals surface area contributed by atoms with Crippen molar-refractivity contribution in [2.75, 3.05) is 6.54 Å². The number of piperidine rings is 1. The van der Waals surface area contributed by atoms with Crippen LogP contribution < -0.4 is 5.56 Å². The van der Waals surface area contributed by atoms with Gasteiger partial charge in [-0.05, 0) is 53.2 Å². The molecule has 7 nitrogen and oxygen atoms in total. The lowest BCUT2D eigenvalue weighted by Gasteiger charge is -2.53. The van der Waals surface area contributed by atoms with E-state index in [1.165, 1.54) is 0 Å². The third kappa shape index (κ3) is 3.04. The third-order valence-corrected chi connectivity index (χ3v) is 7.28. The number of nitrogens with zero attached hydrogens (tertiary/aromatic N) is 3. The summed E-state index contributed by atoms with van der Waals surface area (Å²) >= 11 is 3.56. The maximum atomic E-state index is 12.5. The molecule has 0 aliphatic carbocycles. The molecule has 3 aromatic rings. The van der Waals surface area contributed by atoms with E-state index in [9.17, 15) is 14.7 Å². The molecule has 2 atom stereocenters. The fourth-order valence-electron chi connectivity index (χ4n) is 4.53. The summed E-state index contributed by atoms with van der Waals surface area (Å²) in [5.41, 5.74) is 1.28. The Morgan fingerprint density at radius 2 is 2.10 bits per heavy atom. The zero-order valence-corrected chi connectivity index (χ0v) is 18.6. The van der Waals surface area contributed by atoms with Gasteiger partial charge in [-0.1, -0.05) is 26.8 Å². The molecule has 1 aliphatic rings. The number of hydrogen-bond acceptors (Lipinski definition) is 3. The van der Waals surface area contributed by atoms with Crippen LogP contribution in [0.5, 0.6) is 0 Å². The Balaban J connectivity index is 1.89. The second-order valence-corrected chi connectivity index (χ2v) is 9.95. The molecule has 1 aromatic carbocycles. The molecule has 1 fully saturated rings. The van der Waals surface area contributed by atoms with Crippen molar-refractivity contribution in [2.45, 2.75) is 52.0 Å². The van der Waals surface area contributed by atoms with Crippen molar-refractivity contribution < 1.29 is 9.90 Å². The van der Waals surface area contributed by atoms with E-state index in [1.54, 1.807) is 11.0 Å². The summed E-state index contributed by atoms with van der Waals surface area (Å²) in [5, 5.41) is 15.4. The van der Waals surface area contributed by atoms with E-state index >= 15 is 0 Å². The molecule has 0 bridgehead atoms. The number of benzene rings is 1. The minimum Gasteiger partial charge on any atom is -0.465 e. The molecular formula is C21H25BrN4O3. The number of aromatic amines is 1. The number of hydrogen-bond donors (Lipinski definition) is 2. The van der Waals surface area contributed by atoms with Crippen LogP contribution in [-0.4, -0.2) is 42.8 Å². The lowest BCUT2D eigenvalue weighted by Crippen LogP contribution is -2.60. The first kappa shape index (κ1) is 19.9. The molecule has 154 valence electrons. The number of H-pyrrole nitrogens is 1. The van der Waals surface area contributed by atoms with E-state index in [-0.39, 0.29) is 16.9 Å². The van der Waals surface area contributed by atoms with Crippen molar-refractivity contribution in [2.24, 2.45) is 5.41 Å². The molecule has 4 rings (SSSR count). The average molecular weight is 461 g/mol. The van der Waals surface area contributed by atoms with E-state index in [4.69, 9.17) is 5.10 Å². The van der Waals surface area contributed by atoms with Crippen molar-refractivity contribution in [3.8, 4) is 0 Å². The largest absolute Gasteiger partial charge is 0.465 e. The fraction of sp³-hybridized carbons (Fsp3) is 0.476. The van der Waals surface area contributed by atoms with Crippen LogP contribution in [0.25, 0.3) is 16.6 Å². The van der Waals surface area contributed by atoms with Gasteiger partial charge in [0.25, 0.3) is 5.56 Å². The SMILES string of the molecule is CC(C)(C)C1(C)CC(c2cc(=O)[nH]c3c4c(Br)cccc4nn23)CCN1C(=O)O. The van der Waals surface area contributed by atoms with E-state index in [0.717, 1.165) is 21.1 Å². The number of rotatable bonds is 1. The Hall–Kier alpha value is -2.35. The van der Waals surface area contributed by atoms with E-state index < -0.39 is 11.6 Å². The molecule has 2 N–H and O–H groups in total. The summed E-state index contributed by atoms with van der Waals surface area (Å²) in [6, 6.07) is 7.37. The van der Waals surface area contributed by atoms with Gasteiger partial charge in [-0.15, -0.1) is 0 Å². The first-order valence-corrected chi connectivity index (χ1v) is 10.5. The van der Waals surface area contributed by atoms with Gasteiger partial charge in [0.2, 0.25) is 0 Å². The zero-order valence-electron chi connectivity index (χ0n) is 17.0. The summed E-state index contributed by atoms with van der Waals surface area (Å²) < 4.78 is 2.69. The molecule has 2 unspecified atom stereocenters. The topological polar surface area (TPSA) is 90.7 Å². The average Bonchev–Trinajstić information content (AvgIpc) is 2.99. The molecule has 3 heterocycles. The highest BCUT2D eigenvalue weighted by Gasteiger charge is 2.49. The maximum Gasteiger partial charge on any atom is 0.407 e. The van der Waals surface area contributed by atoms with Crippen LogP contribution in [0.4, 0.5) is 4.79 Å². The summed E-state index contributed by atoms with van der Waals surface area (Å²) in [7, 11) is 0. The molecule has 29 heavy (non-hydrogen) atoms. The number of halogens is 1. The standard InChI is InChI=1S/C21H25BrN4O3/c1-20(2,3)21(4)11-12(8-9-25(21)19(28)29)15-10-16(27)23-18-17-13(22)6-5-7-14(17)24-26(15)18/h5-7,10,12H,8-9,11H2,1-4H3,(H,23,27)(H,28,29). The third-order valence-electron chi connectivity index (χ3n) is 6.62. The number of carbonyl (C=O) groups is 1. The van der Waals surface area contributed by atoms with Crippen molar-refractivity contribution in [3.05, 3.63) is 44.8 Å². The lowest BCUT2D eigenvalue weighted by molar-refractivity contribution is -0.0191. The van der Waals surface area contributed by atoms with Crippen LogP contribution in [0.15, 0.2) is 33.5 Å². The van der Waals surface area contributed by atoms with Gasteiger partial charge in [0, 0.05) is 28.5 Å². The van der Waals surface area contributed by atoms with Gasteiger partial charge in [0.15, 0.2) is 0 Å². The quantitative estimate of drug-likeness (QED) is 0.554. The van der Waals surface area contributed by atoms with Gasteiger partial charge in [-0.3, -0.25) is 4.79 Å². The number of aromatic nitrogens is 3. The van der Waals surface area contributed by atoms with Gasteiger partial charge in [-0.25, -0.2) is 9.31 Å². The molecular weight excluding hydrogens is 436 g/mol. The minimum absolute atomic E-state index is 0.0210. The van der Waals surface area contributed by atoms with Crippen LogP contribution in [0.2, 0.25) is 0 Å². The second-order valence-electron chi connectivity index (χ2n) is 9.10. The number of fused-ring (bicyclic) bond motifs is 3. The van der Waals surface area contributed by atoms with Crippen LogP contribution in [-0.2, 0) is 0 Å². The Kier molecular flexibility index (Phi) is 4.53. The van der Waals surface area contributed by atoms with Crippen molar-refractivity contribution in [3.63, 3.8) is 0 Å². The number of likely N-dealkylation sites (tertiary alicyclic amines) is 1. The van der Waals surface area contributed by atoms with E-state index in [1.807, 2.05) is 29.6 Å². The molecule has 2 aromatic heterocycles. The monoisotopic (exact) mass is 460 g/mol. The predicted octanol–water partition coefficient (Wildman–Crippen LogP) is 4.60. The highest BCUT2D eigenvalue weighted by Crippen LogP contribution is 2.47. The van der Waals surface area contributed by atoms with Crippen molar-refractivity contribution in [1.82, 2.24) is 19.5 Å². The number of carboxylic acid groups (broad SMARTS) is 1. The lowest BCUT2D eigenvalue weighted by atomic mass is 9.66. The summed E-state index contributed by atoms with van der Waals surface area (Å²) in [6.07, 6.45) is 0.373. The smallest absolute Gasteiger partial charge is 0.407 e. The van der Waals surface area contributed by atoms with Gasteiger partial charge in [-0.2, -0.15) is 5.10 Å². The normalized spacial score (nSPS) is 23.1. The fourth-order valence-corrected chi connectivity index (χ4v) is 5.07. The molecule has 0 radical (unpaired) electrons. The number of amides is 1. The Morgan fingerprint density at radius 3 is 2.76 bits per heavy atom. The van der Waals surface area contributed by atoms with Crippen molar-refractivity contribution >= 4 is 38.6 Å². The van der Waals surface area contributed by atoms with Gasteiger partial charge < -0.3 is 15.0 Å². The predicted molar refractivity (Wildman–Crippen MR) is 116 cm³/mol. The first-order valence-electron chi connectivity index (χ1n) is 9.74. The zero-order chi connectivity index (χ0) is 21.1. The maximum absolute atomic E-state index is 12.5. The van der Waals surface area contributed by atoms with Gasteiger partial charge in [0.1, 0.15) is 5.65 Å². The number of nitrogens with one attached hydrogen (secondary N) is 1. The van der Waals surface area contributed by atoms with Crippen LogP contribution in [0.3, 0.4) is 0 Å². The highest BCUT2D eigenvalue weighted by atomic mass is 79.9. The van der Waals surface area contributed by atoms with Gasteiger partial charge >= 0.3 is 6.09 Å². The van der Waals surface area contributed by atoms with Crippen molar-refractivity contribution in [1.29, 1.82) is 0 Å². The Morgan fingerprint density at radius 1 is 1.38 bits per heavy atom. The van der Waals surface area contributed by atoms with E-state index in [0.29, 0.717) is 25.0 Å². The van der Waals surface area contributed by atoms with Gasteiger partial charge in [0.05, 0.1) is 16.6 Å². The Bertz CT molecular complexity index is 1180. The van der Waals surface area contributed by atoms with Crippen LogP contribution >= 0.6 is 15.9 Å². The molecule has 0 spiro atoms. The summed E-state index contributed by atoms with van der Waals surface area (Å²) in [6.45, 7) is 8.63. The molecule has 1 amide bonds. The first-order chi connectivity index (χ1) is 13.5. The minimum atomic E-state index is -0.898. The molecule has 0 saturated carbocycles. The second kappa shape index (κ2) is 6.58. The summed E-state index contributed by atoms with van der Waals surface area (Å²) in [4.78, 5) is 28.9. The molecule has 8 heteroatoms. The van der Waals surface area contributed by atoms with Crippen LogP contribution in [0, 0.1) is 5.41 Å².